The van der Waals surface area contributed by atoms with Crippen molar-refractivity contribution in [2.45, 2.75) is 6.92 Å². The predicted octanol–water partition coefficient (Wildman–Crippen LogP) is 5.14. The number of halogens is 1. The number of anilines is 1. The molecule has 2 aromatic carbocycles. The van der Waals surface area contributed by atoms with Gasteiger partial charge in [-0.15, -0.1) is 0 Å². The fraction of sp³-hybridized carbons (Fsp3) is 0.235. The summed E-state index contributed by atoms with van der Waals surface area (Å²) in [6, 6.07) is 15.0. The van der Waals surface area contributed by atoms with Crippen molar-refractivity contribution in [3.63, 3.8) is 0 Å². The SMILES string of the molecule is CCN(CCBr)c1ccc(N=Nc2ccc(C=O)cc2)cc1. The topological polar surface area (TPSA) is 45.0 Å². The van der Waals surface area contributed by atoms with Gasteiger partial charge in [0.25, 0.3) is 0 Å². The lowest BCUT2D eigenvalue weighted by atomic mass is 10.2. The smallest absolute Gasteiger partial charge is 0.150 e. The zero-order chi connectivity index (χ0) is 15.8. The molecule has 0 saturated carbocycles. The van der Waals surface area contributed by atoms with Crippen LogP contribution in [0, 0.1) is 0 Å². The molecule has 114 valence electrons. The molecule has 0 unspecified atom stereocenters. The van der Waals surface area contributed by atoms with E-state index in [0.29, 0.717) is 5.56 Å². The number of benzene rings is 2. The Morgan fingerprint density at radius 1 is 1.00 bits per heavy atom. The van der Waals surface area contributed by atoms with Crippen molar-refractivity contribution in [3.8, 4) is 0 Å². The quantitative estimate of drug-likeness (QED) is 0.390. The van der Waals surface area contributed by atoms with E-state index < -0.39 is 0 Å². The number of alkyl halides is 1. The Morgan fingerprint density at radius 2 is 1.55 bits per heavy atom. The number of carbonyl (C=O) groups excluding carboxylic acids is 1. The van der Waals surface area contributed by atoms with Gasteiger partial charge in [0.2, 0.25) is 0 Å². The van der Waals surface area contributed by atoms with E-state index in [2.05, 4.69) is 50.1 Å². The number of aldehydes is 1. The molecular formula is C17H18BrN3O. The highest BCUT2D eigenvalue weighted by molar-refractivity contribution is 9.09. The lowest BCUT2D eigenvalue weighted by Gasteiger charge is -2.21. The Bertz CT molecular complexity index is 623. The number of hydrogen-bond acceptors (Lipinski definition) is 4. The third-order valence-corrected chi connectivity index (χ3v) is 3.62. The van der Waals surface area contributed by atoms with Crippen molar-refractivity contribution in [2.75, 3.05) is 23.3 Å². The first-order valence-corrected chi connectivity index (χ1v) is 8.27. The standard InChI is InChI=1S/C17H18BrN3O/c1-2-21(12-11-18)17-9-7-16(8-10-17)20-19-15-5-3-14(13-22)4-6-15/h3-10,13H,2,11-12H2,1H3. The average Bonchev–Trinajstić information content (AvgIpc) is 2.59. The molecule has 0 bridgehead atoms. The van der Waals surface area contributed by atoms with Gasteiger partial charge in [0.1, 0.15) is 6.29 Å². The van der Waals surface area contributed by atoms with E-state index in [9.17, 15) is 4.79 Å². The van der Waals surface area contributed by atoms with E-state index in [0.717, 1.165) is 36.1 Å². The van der Waals surface area contributed by atoms with Gasteiger partial charge in [0, 0.05) is 29.7 Å². The molecule has 0 aliphatic heterocycles. The van der Waals surface area contributed by atoms with Crippen LogP contribution in [0.5, 0.6) is 0 Å². The fourth-order valence-electron chi connectivity index (χ4n) is 2.04. The molecule has 0 N–H and O–H groups in total. The summed E-state index contributed by atoms with van der Waals surface area (Å²) < 4.78 is 0. The van der Waals surface area contributed by atoms with Gasteiger partial charge < -0.3 is 4.90 Å². The van der Waals surface area contributed by atoms with Gasteiger partial charge in [0.15, 0.2) is 0 Å². The lowest BCUT2D eigenvalue weighted by Crippen LogP contribution is -2.24. The highest BCUT2D eigenvalue weighted by Crippen LogP contribution is 2.22. The summed E-state index contributed by atoms with van der Waals surface area (Å²) in [6.45, 7) is 4.08. The van der Waals surface area contributed by atoms with Crippen molar-refractivity contribution in [3.05, 3.63) is 54.1 Å². The van der Waals surface area contributed by atoms with E-state index in [1.807, 2.05) is 12.1 Å². The van der Waals surface area contributed by atoms with Crippen LogP contribution < -0.4 is 4.90 Å². The minimum atomic E-state index is 0.634. The van der Waals surface area contributed by atoms with Crippen LogP contribution in [-0.4, -0.2) is 24.7 Å². The maximum Gasteiger partial charge on any atom is 0.150 e. The largest absolute Gasteiger partial charge is 0.371 e. The van der Waals surface area contributed by atoms with Gasteiger partial charge in [-0.3, -0.25) is 4.79 Å². The summed E-state index contributed by atoms with van der Waals surface area (Å²) in [5, 5.41) is 9.33. The number of carbonyl (C=O) groups is 1. The number of azo groups is 1. The molecule has 0 spiro atoms. The summed E-state index contributed by atoms with van der Waals surface area (Å²) in [6.07, 6.45) is 0.812. The van der Waals surface area contributed by atoms with Gasteiger partial charge in [-0.1, -0.05) is 15.9 Å². The highest BCUT2D eigenvalue weighted by atomic mass is 79.9. The van der Waals surface area contributed by atoms with E-state index in [-0.39, 0.29) is 0 Å². The van der Waals surface area contributed by atoms with Crippen LogP contribution in [-0.2, 0) is 0 Å². The van der Waals surface area contributed by atoms with E-state index in [1.54, 1.807) is 24.3 Å². The summed E-state index contributed by atoms with van der Waals surface area (Å²) in [5.41, 5.74) is 3.34. The van der Waals surface area contributed by atoms with Crippen LogP contribution in [0.3, 0.4) is 0 Å². The van der Waals surface area contributed by atoms with Gasteiger partial charge in [-0.05, 0) is 55.5 Å². The molecule has 4 nitrogen and oxygen atoms in total. The van der Waals surface area contributed by atoms with Crippen LogP contribution >= 0.6 is 15.9 Å². The van der Waals surface area contributed by atoms with Crippen LogP contribution in [0.1, 0.15) is 17.3 Å². The Hall–Kier alpha value is -2.01. The Labute approximate surface area is 139 Å². The first-order valence-electron chi connectivity index (χ1n) is 7.14. The van der Waals surface area contributed by atoms with E-state index in [4.69, 9.17) is 0 Å². The van der Waals surface area contributed by atoms with Crippen molar-refractivity contribution in [1.82, 2.24) is 0 Å². The predicted molar refractivity (Wildman–Crippen MR) is 94.1 cm³/mol. The van der Waals surface area contributed by atoms with Gasteiger partial charge in [-0.25, -0.2) is 0 Å². The van der Waals surface area contributed by atoms with Crippen LogP contribution in [0.2, 0.25) is 0 Å². The maximum atomic E-state index is 10.6. The minimum Gasteiger partial charge on any atom is -0.371 e. The van der Waals surface area contributed by atoms with Crippen LogP contribution in [0.25, 0.3) is 0 Å². The molecule has 0 amide bonds. The zero-order valence-corrected chi connectivity index (χ0v) is 14.0. The molecule has 2 rings (SSSR count). The fourth-order valence-corrected chi connectivity index (χ4v) is 2.47. The van der Waals surface area contributed by atoms with Crippen LogP contribution in [0.4, 0.5) is 17.1 Å². The maximum absolute atomic E-state index is 10.6. The van der Waals surface area contributed by atoms with Gasteiger partial charge in [-0.2, -0.15) is 10.2 Å². The molecule has 22 heavy (non-hydrogen) atoms. The lowest BCUT2D eigenvalue weighted by molar-refractivity contribution is 0.112. The van der Waals surface area contributed by atoms with Gasteiger partial charge in [0.05, 0.1) is 11.4 Å². The summed E-state index contributed by atoms with van der Waals surface area (Å²) in [4.78, 5) is 12.9. The normalized spacial score (nSPS) is 10.8. The van der Waals surface area contributed by atoms with Crippen molar-refractivity contribution in [1.29, 1.82) is 0 Å². The third-order valence-electron chi connectivity index (χ3n) is 3.26. The zero-order valence-electron chi connectivity index (χ0n) is 12.4. The first-order chi connectivity index (χ1) is 10.8. The third kappa shape index (κ3) is 4.49. The molecule has 0 fully saturated rings. The summed E-state index contributed by atoms with van der Waals surface area (Å²) in [7, 11) is 0. The molecule has 0 atom stereocenters. The Balaban J connectivity index is 2.06. The first kappa shape index (κ1) is 16.4. The Morgan fingerprint density at radius 3 is 2.00 bits per heavy atom. The van der Waals surface area contributed by atoms with E-state index in [1.165, 1.54) is 5.69 Å². The minimum absolute atomic E-state index is 0.634. The number of nitrogens with zero attached hydrogens (tertiary/aromatic N) is 3. The molecular weight excluding hydrogens is 342 g/mol. The number of hydrogen-bond donors (Lipinski definition) is 0. The molecule has 0 saturated heterocycles. The molecule has 0 aliphatic rings. The summed E-state index contributed by atoms with van der Waals surface area (Å²) in [5.74, 6) is 0. The molecule has 0 heterocycles. The van der Waals surface area contributed by atoms with Gasteiger partial charge >= 0.3 is 0 Å². The average molecular weight is 360 g/mol. The monoisotopic (exact) mass is 359 g/mol. The molecule has 2 aromatic rings. The highest BCUT2D eigenvalue weighted by Gasteiger charge is 2.02. The van der Waals surface area contributed by atoms with Crippen molar-refractivity contribution >= 4 is 39.3 Å². The Kier molecular flexibility index (Phi) is 6.27. The molecule has 0 aromatic heterocycles. The van der Waals surface area contributed by atoms with Crippen molar-refractivity contribution < 1.29 is 4.79 Å². The van der Waals surface area contributed by atoms with Crippen LogP contribution in [0.15, 0.2) is 58.8 Å². The second-order valence-corrected chi connectivity index (χ2v) is 5.49. The molecule has 0 aliphatic carbocycles. The second kappa shape index (κ2) is 8.44. The number of rotatable bonds is 7. The summed E-state index contributed by atoms with van der Waals surface area (Å²) >= 11 is 3.47. The molecule has 0 radical (unpaired) electrons. The second-order valence-electron chi connectivity index (χ2n) is 4.69. The van der Waals surface area contributed by atoms with E-state index >= 15 is 0 Å². The molecule has 5 heteroatoms. The van der Waals surface area contributed by atoms with Crippen molar-refractivity contribution in [2.24, 2.45) is 10.2 Å².